The maximum atomic E-state index is 5.93. The topological polar surface area (TPSA) is 55.6 Å². The highest BCUT2D eigenvalue weighted by atomic mass is 35.5. The molecular weight excluding hydrogens is 270 g/mol. The van der Waals surface area contributed by atoms with Crippen molar-refractivity contribution in [2.45, 2.75) is 39.4 Å². The molecule has 0 spiro atoms. The van der Waals surface area contributed by atoms with Gasteiger partial charge in [-0.2, -0.15) is 0 Å². The number of thiophene rings is 1. The van der Waals surface area contributed by atoms with E-state index >= 15 is 0 Å². The first-order valence-electron chi connectivity index (χ1n) is 5.83. The standard InChI is InChI=1S/C11H16ClN5S/c1-7(2)17-11(14-15-16-17)6-13-8(3)9-4-5-10(12)18-9/h4-5,7-8,13H,6H2,1-3H3/t8-/m1/s1. The summed E-state index contributed by atoms with van der Waals surface area (Å²) in [7, 11) is 0. The molecule has 1 atom stereocenters. The highest BCUT2D eigenvalue weighted by Gasteiger charge is 2.12. The highest BCUT2D eigenvalue weighted by molar-refractivity contribution is 7.16. The summed E-state index contributed by atoms with van der Waals surface area (Å²) in [5.74, 6) is 0.847. The molecule has 0 radical (unpaired) electrons. The van der Waals surface area contributed by atoms with E-state index in [1.165, 1.54) is 4.88 Å². The van der Waals surface area contributed by atoms with Gasteiger partial charge in [-0.1, -0.05) is 11.6 Å². The Hall–Kier alpha value is -0.980. The van der Waals surface area contributed by atoms with E-state index in [2.05, 4.69) is 41.6 Å². The third kappa shape index (κ3) is 3.07. The van der Waals surface area contributed by atoms with Crippen molar-refractivity contribution < 1.29 is 0 Å². The summed E-state index contributed by atoms with van der Waals surface area (Å²) in [5, 5.41) is 15.1. The second kappa shape index (κ2) is 5.77. The van der Waals surface area contributed by atoms with Crippen molar-refractivity contribution in [3.05, 3.63) is 27.2 Å². The van der Waals surface area contributed by atoms with Crippen LogP contribution in [0.3, 0.4) is 0 Å². The van der Waals surface area contributed by atoms with Crippen molar-refractivity contribution in [1.82, 2.24) is 25.5 Å². The van der Waals surface area contributed by atoms with Gasteiger partial charge in [-0.05, 0) is 43.3 Å². The Bertz CT molecular complexity index is 507. The van der Waals surface area contributed by atoms with Gasteiger partial charge in [-0.25, -0.2) is 4.68 Å². The first kappa shape index (κ1) is 13.5. The van der Waals surface area contributed by atoms with Crippen LogP contribution in [0.4, 0.5) is 0 Å². The summed E-state index contributed by atoms with van der Waals surface area (Å²) in [6, 6.07) is 4.46. The van der Waals surface area contributed by atoms with Crippen LogP contribution in [0.2, 0.25) is 4.34 Å². The first-order chi connectivity index (χ1) is 8.58. The van der Waals surface area contributed by atoms with Crippen molar-refractivity contribution in [3.8, 4) is 0 Å². The lowest BCUT2D eigenvalue weighted by Crippen LogP contribution is -2.21. The van der Waals surface area contributed by atoms with Crippen molar-refractivity contribution in [2.75, 3.05) is 0 Å². The van der Waals surface area contributed by atoms with E-state index in [0.29, 0.717) is 6.54 Å². The minimum atomic E-state index is 0.236. The first-order valence-corrected chi connectivity index (χ1v) is 7.02. The number of rotatable bonds is 5. The van der Waals surface area contributed by atoms with Crippen molar-refractivity contribution in [2.24, 2.45) is 0 Å². The van der Waals surface area contributed by atoms with Crippen LogP contribution < -0.4 is 5.32 Å². The van der Waals surface area contributed by atoms with Crippen LogP contribution in [-0.2, 0) is 6.54 Å². The third-order valence-electron chi connectivity index (χ3n) is 2.64. The zero-order valence-corrected chi connectivity index (χ0v) is 12.2. The minimum absolute atomic E-state index is 0.236. The molecule has 0 aliphatic heterocycles. The zero-order chi connectivity index (χ0) is 13.1. The van der Waals surface area contributed by atoms with Gasteiger partial charge in [-0.15, -0.1) is 16.4 Å². The second-order valence-electron chi connectivity index (χ2n) is 4.38. The van der Waals surface area contributed by atoms with Crippen LogP contribution in [0.5, 0.6) is 0 Å². The van der Waals surface area contributed by atoms with Crippen LogP contribution in [0.15, 0.2) is 12.1 Å². The number of nitrogens with one attached hydrogen (secondary N) is 1. The van der Waals surface area contributed by atoms with Crippen LogP contribution in [0.25, 0.3) is 0 Å². The molecular formula is C11H16ClN5S. The van der Waals surface area contributed by atoms with Crippen LogP contribution in [-0.4, -0.2) is 20.2 Å². The summed E-state index contributed by atoms with van der Waals surface area (Å²) in [6.45, 7) is 6.86. The average Bonchev–Trinajstić information content (AvgIpc) is 2.94. The van der Waals surface area contributed by atoms with Crippen molar-refractivity contribution in [3.63, 3.8) is 0 Å². The monoisotopic (exact) mass is 285 g/mol. The number of halogens is 1. The molecule has 0 fully saturated rings. The molecule has 7 heteroatoms. The molecule has 2 rings (SSSR count). The fourth-order valence-electron chi connectivity index (χ4n) is 1.64. The Balaban J connectivity index is 1.97. The van der Waals surface area contributed by atoms with Crippen LogP contribution >= 0.6 is 22.9 Å². The van der Waals surface area contributed by atoms with E-state index in [9.17, 15) is 0 Å². The molecule has 0 bridgehead atoms. The normalized spacial score (nSPS) is 13.2. The Morgan fingerprint density at radius 2 is 2.17 bits per heavy atom. The number of tetrazole rings is 1. The largest absolute Gasteiger partial charge is 0.302 e. The average molecular weight is 286 g/mol. The Kier molecular flexibility index (Phi) is 4.31. The molecule has 18 heavy (non-hydrogen) atoms. The second-order valence-corrected chi connectivity index (χ2v) is 6.12. The zero-order valence-electron chi connectivity index (χ0n) is 10.6. The Labute approximate surface area is 115 Å². The fraction of sp³-hybridized carbons (Fsp3) is 0.545. The molecule has 98 valence electrons. The summed E-state index contributed by atoms with van der Waals surface area (Å²) < 4.78 is 2.63. The molecule has 0 saturated heterocycles. The SMILES string of the molecule is CC(C)n1nnnc1CN[C@H](C)c1ccc(Cl)s1. The molecule has 0 aliphatic rings. The molecule has 1 N–H and O–H groups in total. The van der Waals surface area contributed by atoms with Gasteiger partial charge in [0.25, 0.3) is 0 Å². The Morgan fingerprint density at radius 1 is 1.39 bits per heavy atom. The summed E-state index contributed by atoms with van der Waals surface area (Å²) in [4.78, 5) is 1.21. The molecule has 2 aromatic rings. The van der Waals surface area contributed by atoms with Gasteiger partial charge in [0.2, 0.25) is 0 Å². The van der Waals surface area contributed by atoms with Gasteiger partial charge in [0.1, 0.15) is 0 Å². The highest BCUT2D eigenvalue weighted by Crippen LogP contribution is 2.26. The lowest BCUT2D eigenvalue weighted by molar-refractivity contribution is 0.469. The summed E-state index contributed by atoms with van der Waals surface area (Å²) in [6.07, 6.45) is 0. The molecule has 0 amide bonds. The van der Waals surface area contributed by atoms with E-state index in [1.807, 2.05) is 16.8 Å². The van der Waals surface area contributed by atoms with Crippen LogP contribution in [0, 0.1) is 0 Å². The number of nitrogens with zero attached hydrogens (tertiary/aromatic N) is 4. The maximum Gasteiger partial charge on any atom is 0.165 e. The minimum Gasteiger partial charge on any atom is -0.302 e. The molecule has 0 aliphatic carbocycles. The summed E-state index contributed by atoms with van der Waals surface area (Å²) >= 11 is 7.51. The van der Waals surface area contributed by atoms with Gasteiger partial charge < -0.3 is 5.32 Å². The molecule has 0 saturated carbocycles. The lowest BCUT2D eigenvalue weighted by atomic mass is 10.3. The number of hydrogen-bond donors (Lipinski definition) is 1. The van der Waals surface area contributed by atoms with Gasteiger partial charge in [0.15, 0.2) is 5.82 Å². The van der Waals surface area contributed by atoms with Gasteiger partial charge in [0, 0.05) is 10.9 Å². The third-order valence-corrected chi connectivity index (χ3v) is 4.05. The van der Waals surface area contributed by atoms with Crippen LogP contribution in [0.1, 0.15) is 43.6 Å². The van der Waals surface area contributed by atoms with E-state index in [4.69, 9.17) is 11.6 Å². The lowest BCUT2D eigenvalue weighted by Gasteiger charge is -2.12. The molecule has 2 heterocycles. The van der Waals surface area contributed by atoms with E-state index in [0.717, 1.165) is 10.2 Å². The van der Waals surface area contributed by atoms with E-state index in [-0.39, 0.29) is 12.1 Å². The van der Waals surface area contributed by atoms with Crippen molar-refractivity contribution >= 4 is 22.9 Å². The van der Waals surface area contributed by atoms with Gasteiger partial charge in [-0.3, -0.25) is 0 Å². The summed E-state index contributed by atoms with van der Waals surface area (Å²) in [5.41, 5.74) is 0. The van der Waals surface area contributed by atoms with Gasteiger partial charge >= 0.3 is 0 Å². The van der Waals surface area contributed by atoms with Crippen molar-refractivity contribution in [1.29, 1.82) is 0 Å². The maximum absolute atomic E-state index is 5.93. The predicted octanol–water partition coefficient (Wildman–Crippen LogP) is 2.82. The number of aromatic nitrogens is 4. The molecule has 2 aromatic heterocycles. The smallest absolute Gasteiger partial charge is 0.165 e. The Morgan fingerprint density at radius 3 is 2.78 bits per heavy atom. The van der Waals surface area contributed by atoms with E-state index < -0.39 is 0 Å². The molecule has 0 aromatic carbocycles. The van der Waals surface area contributed by atoms with Gasteiger partial charge in [0.05, 0.1) is 16.9 Å². The molecule has 5 nitrogen and oxygen atoms in total. The van der Waals surface area contributed by atoms with E-state index in [1.54, 1.807) is 11.3 Å². The predicted molar refractivity (Wildman–Crippen MR) is 72.8 cm³/mol. The fourth-order valence-corrected chi connectivity index (χ4v) is 2.72. The number of hydrogen-bond acceptors (Lipinski definition) is 5. The quantitative estimate of drug-likeness (QED) is 0.918. The molecule has 0 unspecified atom stereocenters.